The van der Waals surface area contributed by atoms with Crippen LogP contribution in [-0.4, -0.2) is 23.1 Å². The van der Waals surface area contributed by atoms with E-state index in [0.29, 0.717) is 12.1 Å². The number of benzene rings is 2. The van der Waals surface area contributed by atoms with Crippen molar-refractivity contribution in [2.45, 2.75) is 25.1 Å². The number of alkyl halides is 3. The first-order valence-electron chi connectivity index (χ1n) is 7.86. The number of carboxylic acid groups (broad SMARTS) is 1. The molecule has 8 heteroatoms. The highest BCUT2D eigenvalue weighted by molar-refractivity contribution is 6.05. The largest absolute Gasteiger partial charge is 0.465 e. The number of carbonyl (C=O) groups is 2. The van der Waals surface area contributed by atoms with Crippen molar-refractivity contribution in [1.82, 2.24) is 5.32 Å². The van der Waals surface area contributed by atoms with Gasteiger partial charge in [-0.2, -0.15) is 13.2 Å². The molecule has 1 heterocycles. The van der Waals surface area contributed by atoms with Crippen molar-refractivity contribution in [3.05, 3.63) is 59.7 Å². The number of anilines is 2. The van der Waals surface area contributed by atoms with Gasteiger partial charge in [-0.1, -0.05) is 18.2 Å². The molecule has 1 aliphatic rings. The summed E-state index contributed by atoms with van der Waals surface area (Å²) in [6.45, 7) is 0. The number of nitrogens with one attached hydrogen (secondary N) is 1. The van der Waals surface area contributed by atoms with E-state index < -0.39 is 29.8 Å². The van der Waals surface area contributed by atoms with E-state index in [-0.39, 0.29) is 12.1 Å². The number of rotatable bonds is 2. The fourth-order valence-corrected chi connectivity index (χ4v) is 2.99. The fraction of sp³-hybridized carbons (Fsp3) is 0.222. The van der Waals surface area contributed by atoms with Gasteiger partial charge < -0.3 is 10.4 Å². The third-order valence-electron chi connectivity index (χ3n) is 4.20. The number of carbonyl (C=O) groups excluding carboxylic acids is 1. The molecule has 26 heavy (non-hydrogen) atoms. The molecule has 0 radical (unpaired) electrons. The van der Waals surface area contributed by atoms with Crippen molar-refractivity contribution in [3.8, 4) is 0 Å². The second-order valence-electron chi connectivity index (χ2n) is 5.89. The quantitative estimate of drug-likeness (QED) is 0.848. The molecule has 1 aliphatic heterocycles. The second kappa shape index (κ2) is 6.70. The number of fused-ring (bicyclic) bond motifs is 1. The molecule has 0 aliphatic carbocycles. The highest BCUT2D eigenvalue weighted by atomic mass is 19.4. The first kappa shape index (κ1) is 17.8. The van der Waals surface area contributed by atoms with E-state index in [1.807, 2.05) is 6.07 Å². The monoisotopic (exact) mass is 364 g/mol. The van der Waals surface area contributed by atoms with Gasteiger partial charge in [0.2, 0.25) is 0 Å². The van der Waals surface area contributed by atoms with Crippen molar-refractivity contribution in [2.75, 3.05) is 4.90 Å². The van der Waals surface area contributed by atoms with Crippen LogP contribution >= 0.6 is 0 Å². The average molecular weight is 364 g/mol. The Labute approximate surface area is 147 Å². The van der Waals surface area contributed by atoms with Crippen molar-refractivity contribution < 1.29 is 27.9 Å². The van der Waals surface area contributed by atoms with Crippen LogP contribution < -0.4 is 10.2 Å². The van der Waals surface area contributed by atoms with Crippen molar-refractivity contribution in [2.24, 2.45) is 0 Å². The Morgan fingerprint density at radius 3 is 2.38 bits per heavy atom. The predicted octanol–water partition coefficient (Wildman–Crippen LogP) is 3.95. The molecule has 0 aromatic heterocycles. The molecule has 136 valence electrons. The molecular weight excluding hydrogens is 349 g/mol. The summed E-state index contributed by atoms with van der Waals surface area (Å²) in [5.74, 6) is -0.530. The van der Waals surface area contributed by atoms with Crippen LogP contribution in [-0.2, 0) is 17.4 Å². The molecule has 1 atom stereocenters. The maximum Gasteiger partial charge on any atom is 0.416 e. The van der Waals surface area contributed by atoms with Crippen LogP contribution in [0.25, 0.3) is 0 Å². The summed E-state index contributed by atoms with van der Waals surface area (Å²) in [5.41, 5.74) is 0.772. The maximum absolute atomic E-state index is 12.9. The molecule has 2 amide bonds. The van der Waals surface area contributed by atoms with Crippen LogP contribution in [0.3, 0.4) is 0 Å². The molecule has 5 nitrogen and oxygen atoms in total. The Bertz CT molecular complexity index is 834. The van der Waals surface area contributed by atoms with Gasteiger partial charge >= 0.3 is 12.3 Å². The Balaban J connectivity index is 2.05. The zero-order valence-electron chi connectivity index (χ0n) is 13.5. The summed E-state index contributed by atoms with van der Waals surface area (Å²) in [4.78, 5) is 25.2. The molecule has 3 rings (SSSR count). The Hall–Kier alpha value is -3.03. The Kier molecular flexibility index (Phi) is 4.58. The van der Waals surface area contributed by atoms with E-state index in [0.717, 1.165) is 17.7 Å². The summed E-state index contributed by atoms with van der Waals surface area (Å²) in [5, 5.41) is 11.2. The lowest BCUT2D eigenvalue weighted by Crippen LogP contribution is -2.46. The summed E-state index contributed by atoms with van der Waals surface area (Å²) >= 11 is 0. The minimum atomic E-state index is -4.48. The summed E-state index contributed by atoms with van der Waals surface area (Å²) in [7, 11) is 0. The van der Waals surface area contributed by atoms with E-state index in [1.54, 1.807) is 18.2 Å². The topological polar surface area (TPSA) is 69.6 Å². The minimum absolute atomic E-state index is 0.245. The molecule has 0 saturated carbocycles. The smallest absolute Gasteiger partial charge is 0.416 e. The molecule has 0 saturated heterocycles. The Morgan fingerprint density at radius 1 is 1.12 bits per heavy atom. The number of para-hydroxylation sites is 1. The highest BCUT2D eigenvalue weighted by Gasteiger charge is 2.34. The van der Waals surface area contributed by atoms with Crippen molar-refractivity contribution in [3.63, 3.8) is 0 Å². The normalized spacial score (nSPS) is 17.4. The van der Waals surface area contributed by atoms with Gasteiger partial charge in [-0.3, -0.25) is 9.69 Å². The van der Waals surface area contributed by atoms with Gasteiger partial charge in [-0.15, -0.1) is 0 Å². The van der Waals surface area contributed by atoms with Gasteiger partial charge in [0.25, 0.3) is 5.91 Å². The van der Waals surface area contributed by atoms with Gasteiger partial charge in [-0.25, -0.2) is 4.79 Å². The SMILES string of the molecule is O=C(O)NC1CCc2ccccc2N(c2ccc(C(F)(F)F)cc2)C1=O. The third-order valence-corrected chi connectivity index (χ3v) is 4.20. The molecule has 1 unspecified atom stereocenters. The number of nitrogens with zero attached hydrogens (tertiary/aromatic N) is 1. The van der Waals surface area contributed by atoms with Gasteiger partial charge in [0.1, 0.15) is 6.04 Å². The lowest BCUT2D eigenvalue weighted by Gasteiger charge is -2.26. The molecule has 0 spiro atoms. The molecular formula is C18H15F3N2O3. The van der Waals surface area contributed by atoms with Crippen LogP contribution in [0.1, 0.15) is 17.5 Å². The lowest BCUT2D eigenvalue weighted by atomic mass is 10.1. The third kappa shape index (κ3) is 3.49. The van der Waals surface area contributed by atoms with Crippen LogP contribution in [0.4, 0.5) is 29.3 Å². The van der Waals surface area contributed by atoms with Gasteiger partial charge in [0, 0.05) is 5.69 Å². The first-order chi connectivity index (χ1) is 12.3. The highest BCUT2D eigenvalue weighted by Crippen LogP contribution is 2.35. The molecule has 2 aromatic carbocycles. The standard InChI is InChI=1S/C18H15F3N2O3/c19-18(20,21)12-6-8-13(9-7-12)23-15-4-2-1-3-11(15)5-10-14(16(23)24)22-17(25)26/h1-4,6-9,14,22H,5,10H2,(H,25,26). The van der Waals surface area contributed by atoms with Gasteiger partial charge in [0.15, 0.2) is 0 Å². The zero-order chi connectivity index (χ0) is 18.9. The second-order valence-corrected chi connectivity index (χ2v) is 5.89. The summed E-state index contributed by atoms with van der Waals surface area (Å²) < 4.78 is 38.4. The average Bonchev–Trinajstić information content (AvgIpc) is 2.71. The van der Waals surface area contributed by atoms with E-state index in [1.165, 1.54) is 17.0 Å². The lowest BCUT2D eigenvalue weighted by molar-refractivity contribution is -0.137. The van der Waals surface area contributed by atoms with Crippen LogP contribution in [0.5, 0.6) is 0 Å². The first-order valence-corrected chi connectivity index (χ1v) is 7.86. The van der Waals surface area contributed by atoms with Gasteiger partial charge in [0.05, 0.1) is 11.3 Å². The Morgan fingerprint density at radius 2 is 1.77 bits per heavy atom. The summed E-state index contributed by atoms with van der Waals surface area (Å²) in [6, 6.07) is 10.2. The molecule has 2 N–H and O–H groups in total. The maximum atomic E-state index is 12.9. The number of halogens is 3. The van der Waals surface area contributed by atoms with Crippen molar-refractivity contribution >= 4 is 23.4 Å². The number of amides is 2. The zero-order valence-corrected chi connectivity index (χ0v) is 13.5. The molecule has 0 fully saturated rings. The fourth-order valence-electron chi connectivity index (χ4n) is 2.99. The van der Waals surface area contributed by atoms with E-state index in [2.05, 4.69) is 5.32 Å². The summed E-state index contributed by atoms with van der Waals surface area (Å²) in [6.07, 6.45) is -5.09. The minimum Gasteiger partial charge on any atom is -0.465 e. The molecule has 2 aromatic rings. The molecule has 0 bridgehead atoms. The van der Waals surface area contributed by atoms with Crippen LogP contribution in [0.2, 0.25) is 0 Å². The number of hydrogen-bond donors (Lipinski definition) is 2. The van der Waals surface area contributed by atoms with Crippen molar-refractivity contribution in [1.29, 1.82) is 0 Å². The van der Waals surface area contributed by atoms with E-state index in [4.69, 9.17) is 5.11 Å². The van der Waals surface area contributed by atoms with Crippen LogP contribution in [0, 0.1) is 0 Å². The number of aryl methyl sites for hydroxylation is 1. The number of hydrogen-bond acceptors (Lipinski definition) is 2. The van der Waals surface area contributed by atoms with E-state index in [9.17, 15) is 22.8 Å². The predicted molar refractivity (Wildman–Crippen MR) is 88.3 cm³/mol. The van der Waals surface area contributed by atoms with E-state index >= 15 is 0 Å². The van der Waals surface area contributed by atoms with Crippen LogP contribution in [0.15, 0.2) is 48.5 Å². The van der Waals surface area contributed by atoms with Gasteiger partial charge in [-0.05, 0) is 48.7 Å².